The summed E-state index contributed by atoms with van der Waals surface area (Å²) < 4.78 is 31.3. The summed E-state index contributed by atoms with van der Waals surface area (Å²) in [5.41, 5.74) is 0.492. The van der Waals surface area contributed by atoms with Crippen molar-refractivity contribution in [2.45, 2.75) is 31.7 Å². The third-order valence-corrected chi connectivity index (χ3v) is 3.14. The van der Waals surface area contributed by atoms with E-state index < -0.39 is 11.6 Å². The lowest BCUT2D eigenvalue weighted by Crippen LogP contribution is -2.19. The number of benzene rings is 1. The minimum Gasteiger partial charge on any atom is -0.339 e. The predicted octanol–water partition coefficient (Wildman–Crippen LogP) is 2.23. The van der Waals surface area contributed by atoms with Crippen LogP contribution in [0.5, 0.6) is 0 Å². The van der Waals surface area contributed by atoms with Gasteiger partial charge in [0.15, 0.2) is 5.82 Å². The maximum atomic E-state index is 13.1. The second-order valence-electron chi connectivity index (χ2n) is 5.04. The highest BCUT2D eigenvalue weighted by molar-refractivity contribution is 5.21. The molecule has 2 aromatic rings. The van der Waals surface area contributed by atoms with Gasteiger partial charge in [0.05, 0.1) is 0 Å². The number of halogens is 2. The zero-order chi connectivity index (χ0) is 13.9. The number of nitrogens with zero attached hydrogens (tertiary/aromatic N) is 2. The van der Waals surface area contributed by atoms with Crippen molar-refractivity contribution in [2.75, 3.05) is 6.54 Å². The van der Waals surface area contributed by atoms with Gasteiger partial charge in [-0.1, -0.05) is 5.16 Å². The van der Waals surface area contributed by atoms with Crippen molar-refractivity contribution in [3.05, 3.63) is 47.1 Å². The summed E-state index contributed by atoms with van der Waals surface area (Å²) in [5.74, 6) is -0.212. The van der Waals surface area contributed by atoms with Crippen molar-refractivity contribution in [1.82, 2.24) is 15.5 Å². The number of aromatic nitrogens is 2. The van der Waals surface area contributed by atoms with Gasteiger partial charge in [-0.2, -0.15) is 4.98 Å². The SMILES string of the molecule is Fc1cc(F)cc(Cc2noc(CCNC3CC3)n2)c1. The van der Waals surface area contributed by atoms with Crippen molar-refractivity contribution in [3.63, 3.8) is 0 Å². The molecule has 1 aromatic heterocycles. The van der Waals surface area contributed by atoms with Crippen LogP contribution >= 0.6 is 0 Å². The molecule has 4 nitrogen and oxygen atoms in total. The van der Waals surface area contributed by atoms with Crippen LogP contribution in [-0.2, 0) is 12.8 Å². The molecule has 106 valence electrons. The Morgan fingerprint density at radius 1 is 1.20 bits per heavy atom. The molecule has 1 heterocycles. The molecule has 1 N–H and O–H groups in total. The van der Waals surface area contributed by atoms with Crippen molar-refractivity contribution in [1.29, 1.82) is 0 Å². The van der Waals surface area contributed by atoms with Crippen LogP contribution in [0.3, 0.4) is 0 Å². The van der Waals surface area contributed by atoms with Crippen LogP contribution in [0.4, 0.5) is 8.78 Å². The van der Waals surface area contributed by atoms with Crippen molar-refractivity contribution in [3.8, 4) is 0 Å². The zero-order valence-electron chi connectivity index (χ0n) is 10.9. The van der Waals surface area contributed by atoms with Gasteiger partial charge in [0.2, 0.25) is 5.89 Å². The first kappa shape index (κ1) is 13.2. The van der Waals surface area contributed by atoms with Crippen molar-refractivity contribution in [2.24, 2.45) is 0 Å². The average molecular weight is 279 g/mol. The van der Waals surface area contributed by atoms with E-state index in [1.54, 1.807) is 0 Å². The molecule has 0 saturated heterocycles. The Morgan fingerprint density at radius 3 is 2.65 bits per heavy atom. The largest absolute Gasteiger partial charge is 0.339 e. The van der Waals surface area contributed by atoms with E-state index in [4.69, 9.17) is 4.52 Å². The quantitative estimate of drug-likeness (QED) is 0.881. The average Bonchev–Trinajstić information content (AvgIpc) is 3.09. The van der Waals surface area contributed by atoms with E-state index in [1.807, 2.05) is 0 Å². The van der Waals surface area contributed by atoms with Crippen LogP contribution in [0.15, 0.2) is 22.7 Å². The molecular weight excluding hydrogens is 264 g/mol. The minimum atomic E-state index is -0.600. The van der Waals surface area contributed by atoms with E-state index in [0.717, 1.165) is 12.6 Å². The molecule has 0 unspecified atom stereocenters. The highest BCUT2D eigenvalue weighted by Crippen LogP contribution is 2.18. The van der Waals surface area contributed by atoms with Crippen molar-refractivity contribution >= 4 is 0 Å². The van der Waals surface area contributed by atoms with Gasteiger partial charge in [0.1, 0.15) is 11.6 Å². The summed E-state index contributed by atoms with van der Waals surface area (Å²) in [6, 6.07) is 4.03. The molecule has 1 fully saturated rings. The van der Waals surface area contributed by atoms with Crippen LogP contribution < -0.4 is 5.32 Å². The predicted molar refractivity (Wildman–Crippen MR) is 68.2 cm³/mol. The molecule has 1 aliphatic rings. The van der Waals surface area contributed by atoms with E-state index in [1.165, 1.54) is 25.0 Å². The fourth-order valence-electron chi connectivity index (χ4n) is 2.03. The first-order chi connectivity index (χ1) is 9.69. The molecule has 3 rings (SSSR count). The van der Waals surface area contributed by atoms with Crippen LogP contribution in [0.25, 0.3) is 0 Å². The number of hydrogen-bond donors (Lipinski definition) is 1. The molecule has 1 aliphatic carbocycles. The fraction of sp³-hybridized carbons (Fsp3) is 0.429. The van der Waals surface area contributed by atoms with Gasteiger partial charge >= 0.3 is 0 Å². The summed E-state index contributed by atoms with van der Waals surface area (Å²) in [7, 11) is 0. The molecule has 0 bridgehead atoms. The van der Waals surface area contributed by atoms with Crippen LogP contribution in [-0.4, -0.2) is 22.7 Å². The molecule has 0 radical (unpaired) electrons. The Kier molecular flexibility index (Phi) is 3.73. The summed E-state index contributed by atoms with van der Waals surface area (Å²) in [5, 5.41) is 7.18. The first-order valence-electron chi connectivity index (χ1n) is 6.69. The second-order valence-corrected chi connectivity index (χ2v) is 5.04. The third-order valence-electron chi connectivity index (χ3n) is 3.14. The van der Waals surface area contributed by atoms with E-state index in [0.29, 0.717) is 29.7 Å². The van der Waals surface area contributed by atoms with E-state index in [2.05, 4.69) is 15.5 Å². The minimum absolute atomic E-state index is 0.258. The second kappa shape index (κ2) is 5.66. The molecule has 6 heteroatoms. The Balaban J connectivity index is 1.58. The third kappa shape index (κ3) is 3.60. The zero-order valence-corrected chi connectivity index (χ0v) is 10.9. The topological polar surface area (TPSA) is 51.0 Å². The van der Waals surface area contributed by atoms with Crippen molar-refractivity contribution < 1.29 is 13.3 Å². The molecule has 20 heavy (non-hydrogen) atoms. The molecule has 0 aliphatic heterocycles. The lowest BCUT2D eigenvalue weighted by atomic mass is 10.1. The van der Waals surface area contributed by atoms with Crippen LogP contribution in [0.1, 0.15) is 30.1 Å². The lowest BCUT2D eigenvalue weighted by Gasteiger charge is -1.98. The monoisotopic (exact) mass is 279 g/mol. The smallest absolute Gasteiger partial charge is 0.227 e. The Labute approximate surface area is 115 Å². The van der Waals surface area contributed by atoms with Crippen LogP contribution in [0.2, 0.25) is 0 Å². The Morgan fingerprint density at radius 2 is 1.95 bits per heavy atom. The van der Waals surface area contributed by atoms with Gasteiger partial charge in [-0.3, -0.25) is 0 Å². The van der Waals surface area contributed by atoms with E-state index >= 15 is 0 Å². The highest BCUT2D eigenvalue weighted by atomic mass is 19.1. The maximum Gasteiger partial charge on any atom is 0.227 e. The molecule has 0 amide bonds. The van der Waals surface area contributed by atoms with E-state index in [9.17, 15) is 8.78 Å². The molecule has 0 atom stereocenters. The van der Waals surface area contributed by atoms with Gasteiger partial charge in [-0.25, -0.2) is 8.78 Å². The van der Waals surface area contributed by atoms with Gasteiger partial charge in [-0.05, 0) is 30.5 Å². The summed E-state index contributed by atoms with van der Waals surface area (Å²) >= 11 is 0. The summed E-state index contributed by atoms with van der Waals surface area (Å²) in [6.07, 6.45) is 3.40. The number of rotatable bonds is 6. The normalized spacial score (nSPS) is 14.7. The van der Waals surface area contributed by atoms with Gasteiger partial charge in [0.25, 0.3) is 0 Å². The molecular formula is C14H15F2N3O. The Hall–Kier alpha value is -1.82. The maximum absolute atomic E-state index is 13.1. The molecule has 0 spiro atoms. The van der Waals surface area contributed by atoms with Gasteiger partial charge in [-0.15, -0.1) is 0 Å². The standard InChI is InChI=1S/C14H15F2N3O/c15-10-5-9(6-11(16)8-10)7-13-18-14(20-19-13)3-4-17-12-1-2-12/h5-6,8,12,17H,1-4,7H2. The fourth-order valence-corrected chi connectivity index (χ4v) is 2.03. The first-order valence-corrected chi connectivity index (χ1v) is 6.69. The summed E-state index contributed by atoms with van der Waals surface area (Å²) in [6.45, 7) is 0.806. The van der Waals surface area contributed by atoms with Gasteiger partial charge < -0.3 is 9.84 Å². The molecule has 1 saturated carbocycles. The Bertz CT molecular complexity index is 576. The lowest BCUT2D eigenvalue weighted by molar-refractivity contribution is 0.371. The number of hydrogen-bond acceptors (Lipinski definition) is 4. The van der Waals surface area contributed by atoms with Gasteiger partial charge in [0, 0.05) is 31.5 Å². The summed E-state index contributed by atoms with van der Waals surface area (Å²) in [4.78, 5) is 4.22. The highest BCUT2D eigenvalue weighted by Gasteiger charge is 2.20. The van der Waals surface area contributed by atoms with Crippen LogP contribution in [0, 0.1) is 11.6 Å². The molecule has 1 aromatic carbocycles. The van der Waals surface area contributed by atoms with E-state index in [-0.39, 0.29) is 6.42 Å². The number of nitrogens with one attached hydrogen (secondary N) is 1.